The number of pyridine rings is 1. The Balaban J connectivity index is 1.68. The first-order valence-corrected chi connectivity index (χ1v) is 9.70. The summed E-state index contributed by atoms with van der Waals surface area (Å²) >= 11 is 0. The van der Waals surface area contributed by atoms with Gasteiger partial charge in [0.15, 0.2) is 5.65 Å². The zero-order valence-electron chi connectivity index (χ0n) is 16.3. The molecule has 1 aliphatic heterocycles. The van der Waals surface area contributed by atoms with E-state index in [1.165, 1.54) is 12.1 Å². The van der Waals surface area contributed by atoms with Crippen LogP contribution in [0.1, 0.15) is 29.2 Å². The number of hydrogen-bond acceptors (Lipinski definition) is 4. The monoisotopic (exact) mass is 398 g/mol. The topological polar surface area (TPSA) is 69.4 Å². The number of fused-ring (bicyclic) bond motifs is 1. The summed E-state index contributed by atoms with van der Waals surface area (Å²) in [5.41, 5.74) is 1.23. The predicted octanol–water partition coefficient (Wildman–Crippen LogP) is 2.46. The first-order chi connectivity index (χ1) is 14.1. The molecule has 0 radical (unpaired) electrons. The van der Waals surface area contributed by atoms with Crippen molar-refractivity contribution in [2.75, 3.05) is 26.8 Å². The number of hydrogen-bond donors (Lipinski definition) is 0. The van der Waals surface area contributed by atoms with Crippen molar-refractivity contribution in [3.8, 4) is 0 Å². The molecule has 1 aromatic carbocycles. The van der Waals surface area contributed by atoms with Crippen LogP contribution in [-0.4, -0.2) is 51.7 Å². The van der Waals surface area contributed by atoms with Crippen molar-refractivity contribution in [1.29, 1.82) is 0 Å². The number of carbonyl (C=O) groups is 1. The van der Waals surface area contributed by atoms with Gasteiger partial charge in [0.25, 0.3) is 5.91 Å². The zero-order chi connectivity index (χ0) is 20.4. The van der Waals surface area contributed by atoms with Crippen LogP contribution in [0.15, 0.2) is 47.4 Å². The number of ether oxygens (including phenoxy) is 1. The number of halogens is 1. The Labute approximate surface area is 167 Å². The minimum atomic E-state index is -0.533. The van der Waals surface area contributed by atoms with Crippen molar-refractivity contribution in [2.24, 2.45) is 0 Å². The third-order valence-corrected chi connectivity index (χ3v) is 5.39. The average molecular weight is 398 g/mol. The van der Waals surface area contributed by atoms with Crippen LogP contribution < -0.4 is 5.69 Å². The number of methoxy groups -OCH3 is 1. The lowest BCUT2D eigenvalue weighted by molar-refractivity contribution is 0.0674. The molecular weight excluding hydrogens is 375 g/mol. The van der Waals surface area contributed by atoms with Gasteiger partial charge in [-0.3, -0.25) is 13.9 Å². The molecule has 3 heterocycles. The summed E-state index contributed by atoms with van der Waals surface area (Å²) in [6.45, 7) is 1.72. The molecule has 0 spiro atoms. The first-order valence-electron chi connectivity index (χ1n) is 9.70. The number of carbonyl (C=O) groups excluding carboxylic acids is 1. The Morgan fingerprint density at radius 1 is 1.28 bits per heavy atom. The van der Waals surface area contributed by atoms with E-state index in [2.05, 4.69) is 4.98 Å². The van der Waals surface area contributed by atoms with E-state index in [9.17, 15) is 14.0 Å². The van der Waals surface area contributed by atoms with Gasteiger partial charge in [-0.15, -0.1) is 0 Å². The average Bonchev–Trinajstić information content (AvgIpc) is 3.03. The van der Waals surface area contributed by atoms with Gasteiger partial charge < -0.3 is 9.64 Å². The molecule has 1 atom stereocenters. The van der Waals surface area contributed by atoms with Crippen molar-refractivity contribution in [1.82, 2.24) is 19.0 Å². The molecule has 1 saturated heterocycles. The lowest BCUT2D eigenvalue weighted by Gasteiger charge is -2.33. The molecule has 8 heteroatoms. The highest BCUT2D eigenvalue weighted by Gasteiger charge is 2.30. The Morgan fingerprint density at radius 3 is 2.90 bits per heavy atom. The van der Waals surface area contributed by atoms with Crippen LogP contribution in [0.4, 0.5) is 4.39 Å². The van der Waals surface area contributed by atoms with Gasteiger partial charge in [-0.2, -0.15) is 0 Å². The molecule has 1 amide bonds. The molecule has 0 aliphatic carbocycles. The Bertz CT molecular complexity index is 1090. The van der Waals surface area contributed by atoms with E-state index in [-0.39, 0.29) is 23.2 Å². The zero-order valence-corrected chi connectivity index (χ0v) is 16.3. The molecule has 0 saturated carbocycles. The predicted molar refractivity (Wildman–Crippen MR) is 106 cm³/mol. The standard InChI is InChI=1S/C21H23FN4O3/c1-29-13-12-25-18-9-4-10-23-19(18)26(21(25)28)15-6-5-11-24(14-15)20(27)16-7-2-3-8-17(16)22/h2-4,7-10,15H,5-6,11-14H2,1H3/t15-/m0/s1. The minimum Gasteiger partial charge on any atom is -0.383 e. The van der Waals surface area contributed by atoms with E-state index >= 15 is 0 Å². The van der Waals surface area contributed by atoms with Gasteiger partial charge in [0.05, 0.1) is 30.3 Å². The van der Waals surface area contributed by atoms with Crippen LogP contribution in [0.5, 0.6) is 0 Å². The van der Waals surface area contributed by atoms with Crippen molar-refractivity contribution in [3.05, 3.63) is 64.5 Å². The van der Waals surface area contributed by atoms with Crippen LogP contribution in [0, 0.1) is 5.82 Å². The van der Waals surface area contributed by atoms with Gasteiger partial charge in [0, 0.05) is 26.4 Å². The Hall–Kier alpha value is -3.00. The molecule has 3 aromatic rings. The summed E-state index contributed by atoms with van der Waals surface area (Å²) in [6.07, 6.45) is 3.14. The maximum atomic E-state index is 14.1. The van der Waals surface area contributed by atoms with E-state index in [1.807, 2.05) is 6.07 Å². The molecule has 7 nitrogen and oxygen atoms in total. The second-order valence-electron chi connectivity index (χ2n) is 7.17. The third-order valence-electron chi connectivity index (χ3n) is 5.39. The summed E-state index contributed by atoms with van der Waals surface area (Å²) in [5, 5.41) is 0. The number of likely N-dealkylation sites (tertiary alicyclic amines) is 1. The molecule has 4 rings (SSSR count). The number of amides is 1. The fourth-order valence-corrected chi connectivity index (χ4v) is 3.99. The van der Waals surface area contributed by atoms with Crippen LogP contribution in [0.3, 0.4) is 0 Å². The molecule has 29 heavy (non-hydrogen) atoms. The van der Waals surface area contributed by atoms with Crippen LogP contribution >= 0.6 is 0 Å². The normalized spacial score (nSPS) is 17.0. The van der Waals surface area contributed by atoms with E-state index < -0.39 is 5.82 Å². The Kier molecular flexibility index (Phi) is 5.44. The summed E-state index contributed by atoms with van der Waals surface area (Å²) in [4.78, 5) is 32.1. The van der Waals surface area contributed by atoms with Gasteiger partial charge in [0.2, 0.25) is 0 Å². The molecule has 1 aliphatic rings. The second-order valence-corrected chi connectivity index (χ2v) is 7.17. The number of benzene rings is 1. The van der Waals surface area contributed by atoms with Gasteiger partial charge in [-0.05, 0) is 37.1 Å². The quantitative estimate of drug-likeness (QED) is 0.662. The summed E-state index contributed by atoms with van der Waals surface area (Å²) in [6, 6.07) is 9.43. The first kappa shape index (κ1) is 19.3. The Morgan fingerprint density at radius 2 is 2.10 bits per heavy atom. The molecule has 0 bridgehead atoms. The SMILES string of the molecule is COCCn1c(=O)n([C@H]2CCCN(C(=O)c3ccccc3F)C2)c2ncccc21. The van der Waals surface area contributed by atoms with Gasteiger partial charge in [0.1, 0.15) is 5.82 Å². The molecular formula is C21H23FN4O3. The fourth-order valence-electron chi connectivity index (χ4n) is 3.99. The number of imidazole rings is 1. The molecule has 0 N–H and O–H groups in total. The number of piperidine rings is 1. The summed E-state index contributed by atoms with van der Waals surface area (Å²) < 4.78 is 22.5. The fraction of sp³-hybridized carbons (Fsp3) is 0.381. The lowest BCUT2D eigenvalue weighted by Crippen LogP contribution is -2.43. The van der Waals surface area contributed by atoms with E-state index in [4.69, 9.17) is 4.74 Å². The van der Waals surface area contributed by atoms with Gasteiger partial charge >= 0.3 is 5.69 Å². The van der Waals surface area contributed by atoms with Gasteiger partial charge in [-0.1, -0.05) is 12.1 Å². The smallest absolute Gasteiger partial charge is 0.330 e. The van der Waals surface area contributed by atoms with Crippen molar-refractivity contribution >= 4 is 17.1 Å². The highest BCUT2D eigenvalue weighted by molar-refractivity contribution is 5.94. The number of rotatable bonds is 5. The highest BCUT2D eigenvalue weighted by atomic mass is 19.1. The van der Waals surface area contributed by atoms with E-state index in [0.717, 1.165) is 18.4 Å². The highest BCUT2D eigenvalue weighted by Crippen LogP contribution is 2.25. The van der Waals surface area contributed by atoms with E-state index in [0.29, 0.717) is 31.9 Å². The molecule has 0 unspecified atom stereocenters. The van der Waals surface area contributed by atoms with E-state index in [1.54, 1.807) is 45.5 Å². The minimum absolute atomic E-state index is 0.0566. The molecule has 152 valence electrons. The van der Waals surface area contributed by atoms with Gasteiger partial charge in [-0.25, -0.2) is 14.2 Å². The van der Waals surface area contributed by atoms with Crippen LogP contribution in [-0.2, 0) is 11.3 Å². The maximum absolute atomic E-state index is 14.1. The molecule has 2 aromatic heterocycles. The van der Waals surface area contributed by atoms with Crippen LogP contribution in [0.2, 0.25) is 0 Å². The number of aromatic nitrogens is 3. The second kappa shape index (κ2) is 8.16. The molecule has 1 fully saturated rings. The van der Waals surface area contributed by atoms with Crippen molar-refractivity contribution < 1.29 is 13.9 Å². The summed E-state index contributed by atoms with van der Waals surface area (Å²) in [7, 11) is 1.59. The maximum Gasteiger partial charge on any atom is 0.330 e. The third kappa shape index (κ3) is 3.55. The number of nitrogens with zero attached hydrogens (tertiary/aromatic N) is 4. The van der Waals surface area contributed by atoms with Crippen LogP contribution in [0.25, 0.3) is 11.2 Å². The van der Waals surface area contributed by atoms with Crippen molar-refractivity contribution in [2.45, 2.75) is 25.4 Å². The summed E-state index contributed by atoms with van der Waals surface area (Å²) in [5.74, 6) is -0.883. The van der Waals surface area contributed by atoms with Crippen molar-refractivity contribution in [3.63, 3.8) is 0 Å². The lowest BCUT2D eigenvalue weighted by atomic mass is 10.0. The largest absolute Gasteiger partial charge is 0.383 e.